The van der Waals surface area contributed by atoms with Crippen LogP contribution in [0.4, 0.5) is 0 Å². The molecule has 1 aromatic carbocycles. The van der Waals surface area contributed by atoms with Gasteiger partial charge in [0.25, 0.3) is 11.8 Å². The Morgan fingerprint density at radius 3 is 2.00 bits per heavy atom. The number of hydrogen-bond acceptors (Lipinski definition) is 7. The lowest BCUT2D eigenvalue weighted by Gasteiger charge is -2.28. The van der Waals surface area contributed by atoms with Crippen molar-refractivity contribution < 1.29 is 36.9 Å². The van der Waals surface area contributed by atoms with Gasteiger partial charge in [0.15, 0.2) is 0 Å². The number of likely N-dealkylation sites (N-methyl/N-ethyl adjacent to an activating group) is 1. The van der Waals surface area contributed by atoms with Crippen LogP contribution in [0.2, 0.25) is 0 Å². The number of hydrogen-bond donors (Lipinski definition) is 1. The van der Waals surface area contributed by atoms with Gasteiger partial charge in [0, 0.05) is 6.26 Å². The van der Waals surface area contributed by atoms with E-state index in [1.54, 1.807) is 24.3 Å². The van der Waals surface area contributed by atoms with Crippen LogP contribution in [0.1, 0.15) is 20.7 Å². The molecule has 2 amide bonds. The predicted octanol–water partition coefficient (Wildman–Crippen LogP) is -0.471. The quantitative estimate of drug-likeness (QED) is 0.270. The summed E-state index contributed by atoms with van der Waals surface area (Å²) in [5, 5.41) is 8.95. The van der Waals surface area contributed by atoms with Crippen LogP contribution < -0.4 is 0 Å². The first-order valence-electron chi connectivity index (χ1n) is 8.33. The van der Waals surface area contributed by atoms with Crippen molar-refractivity contribution in [2.24, 2.45) is 0 Å². The molecule has 0 atom stereocenters. The fourth-order valence-corrected chi connectivity index (χ4v) is 2.39. The number of quaternary nitrogens is 1. The second-order valence-electron chi connectivity index (χ2n) is 6.73. The van der Waals surface area contributed by atoms with E-state index in [0.717, 1.165) is 6.54 Å². The van der Waals surface area contributed by atoms with Gasteiger partial charge in [0.2, 0.25) is 0 Å². The highest BCUT2D eigenvalue weighted by atomic mass is 32.2. The Labute approximate surface area is 159 Å². The van der Waals surface area contributed by atoms with E-state index in [0.29, 0.717) is 41.6 Å². The largest absolute Gasteiger partial charge is 0.748 e. The van der Waals surface area contributed by atoms with Crippen molar-refractivity contribution in [3.63, 3.8) is 0 Å². The van der Waals surface area contributed by atoms with E-state index < -0.39 is 10.1 Å². The number of rotatable bonds is 8. The van der Waals surface area contributed by atoms with E-state index in [2.05, 4.69) is 0 Å². The van der Waals surface area contributed by atoms with Crippen molar-refractivity contribution >= 4 is 21.9 Å². The molecule has 2 rings (SSSR count). The molecule has 10 heteroatoms. The van der Waals surface area contributed by atoms with Gasteiger partial charge in [0.1, 0.15) is 13.1 Å². The lowest BCUT2D eigenvalue weighted by Crippen LogP contribution is -2.44. The van der Waals surface area contributed by atoms with Crippen LogP contribution in [0.3, 0.4) is 0 Å². The molecule has 0 fully saturated rings. The third kappa shape index (κ3) is 8.14. The molecule has 1 aromatic rings. The molecular weight excluding hydrogens is 376 g/mol. The summed E-state index contributed by atoms with van der Waals surface area (Å²) in [5.41, 5.74) is 0.932. The summed E-state index contributed by atoms with van der Waals surface area (Å²) in [7, 11) is 0.119. The number of benzene rings is 1. The van der Waals surface area contributed by atoms with Crippen LogP contribution in [-0.2, 0) is 14.9 Å². The van der Waals surface area contributed by atoms with E-state index in [4.69, 9.17) is 22.8 Å². The third-order valence-corrected chi connectivity index (χ3v) is 3.88. The molecule has 1 aliphatic rings. The van der Waals surface area contributed by atoms with Crippen LogP contribution >= 0.6 is 0 Å². The standard InChI is InChI=1S/C16H23N2O4.CH4O3S/c1-18(2,8-10-19)9-12-22-11-7-17-15(20)13-5-3-4-6-14(13)16(17)21;1-5(2,3)4/h3-6,19H,7-12H2,1-2H3;1H3,(H,2,3,4)/q+1;/p-1. The van der Waals surface area contributed by atoms with Crippen molar-refractivity contribution in [3.8, 4) is 0 Å². The topological polar surface area (TPSA) is 124 Å². The molecule has 27 heavy (non-hydrogen) atoms. The fraction of sp³-hybridized carbons (Fsp3) is 0.529. The van der Waals surface area contributed by atoms with Crippen molar-refractivity contribution in [2.75, 3.05) is 59.8 Å². The van der Waals surface area contributed by atoms with Gasteiger partial charge in [-0.05, 0) is 12.1 Å². The highest BCUT2D eigenvalue weighted by Gasteiger charge is 2.34. The maximum atomic E-state index is 12.1. The summed E-state index contributed by atoms with van der Waals surface area (Å²) in [6.45, 7) is 2.69. The van der Waals surface area contributed by atoms with E-state index in [1.807, 2.05) is 14.1 Å². The number of carbonyl (C=O) groups excluding carboxylic acids is 2. The summed E-state index contributed by atoms with van der Waals surface area (Å²) in [6.07, 6.45) is 0.604. The Balaban J connectivity index is 0.000000646. The van der Waals surface area contributed by atoms with Crippen molar-refractivity contribution in [3.05, 3.63) is 35.4 Å². The molecule has 152 valence electrons. The second kappa shape index (κ2) is 9.90. The number of ether oxygens (including phenoxy) is 1. The number of aliphatic hydroxyl groups excluding tert-OH is 1. The normalized spacial score (nSPS) is 14.0. The lowest BCUT2D eigenvalue weighted by molar-refractivity contribution is -0.891. The van der Waals surface area contributed by atoms with Gasteiger partial charge in [-0.1, -0.05) is 12.1 Å². The average molecular weight is 402 g/mol. The first-order valence-corrected chi connectivity index (χ1v) is 10.1. The van der Waals surface area contributed by atoms with E-state index in [1.165, 1.54) is 4.90 Å². The van der Waals surface area contributed by atoms with Gasteiger partial charge in [-0.3, -0.25) is 14.5 Å². The number of aliphatic hydroxyl groups is 1. The van der Waals surface area contributed by atoms with Crippen LogP contribution in [0, 0.1) is 0 Å². The number of nitrogens with zero attached hydrogens (tertiary/aromatic N) is 2. The zero-order valence-electron chi connectivity index (χ0n) is 15.8. The van der Waals surface area contributed by atoms with Crippen molar-refractivity contribution in [2.45, 2.75) is 0 Å². The molecule has 9 nitrogen and oxygen atoms in total. The molecule has 0 aromatic heterocycles. The fourth-order valence-electron chi connectivity index (χ4n) is 2.39. The summed E-state index contributed by atoms with van der Waals surface area (Å²) in [4.78, 5) is 25.5. The Morgan fingerprint density at radius 1 is 1.07 bits per heavy atom. The molecule has 1 heterocycles. The SMILES string of the molecule is CS(=O)(=O)[O-].C[N+](C)(CCO)CCOCCN1C(=O)c2ccccc2C1=O. The lowest BCUT2D eigenvalue weighted by atomic mass is 10.1. The van der Waals surface area contributed by atoms with Gasteiger partial charge in [-0.2, -0.15) is 0 Å². The third-order valence-electron chi connectivity index (χ3n) is 3.88. The first kappa shape index (κ1) is 23.2. The zero-order chi connectivity index (χ0) is 20.7. The number of carbonyl (C=O) groups is 2. The molecule has 0 spiro atoms. The number of fused-ring (bicyclic) bond motifs is 1. The minimum Gasteiger partial charge on any atom is -0.748 e. The zero-order valence-corrected chi connectivity index (χ0v) is 16.6. The molecular formula is C17H26N2O7S. The molecule has 0 unspecified atom stereocenters. The molecule has 0 radical (unpaired) electrons. The van der Waals surface area contributed by atoms with Crippen LogP contribution in [0.15, 0.2) is 24.3 Å². The highest BCUT2D eigenvalue weighted by Crippen LogP contribution is 2.21. The number of imide groups is 1. The summed E-state index contributed by atoms with van der Waals surface area (Å²) < 4.78 is 33.4. The minimum atomic E-state index is -3.92. The predicted molar refractivity (Wildman–Crippen MR) is 97.2 cm³/mol. The van der Waals surface area contributed by atoms with Crippen molar-refractivity contribution in [1.82, 2.24) is 4.90 Å². The molecule has 0 aliphatic carbocycles. The Morgan fingerprint density at radius 2 is 1.56 bits per heavy atom. The molecule has 0 saturated heterocycles. The minimum absolute atomic E-state index is 0.141. The molecule has 1 aliphatic heterocycles. The van der Waals surface area contributed by atoms with E-state index >= 15 is 0 Å². The van der Waals surface area contributed by atoms with Gasteiger partial charge in [-0.15, -0.1) is 0 Å². The maximum absolute atomic E-state index is 12.1. The Kier molecular flexibility index (Phi) is 8.51. The van der Waals surface area contributed by atoms with E-state index in [9.17, 15) is 9.59 Å². The maximum Gasteiger partial charge on any atom is 0.261 e. The van der Waals surface area contributed by atoms with Gasteiger partial charge in [0.05, 0.1) is 61.7 Å². The van der Waals surface area contributed by atoms with Gasteiger partial charge in [-0.25, -0.2) is 8.42 Å². The van der Waals surface area contributed by atoms with Gasteiger partial charge < -0.3 is 18.9 Å². The van der Waals surface area contributed by atoms with Crippen molar-refractivity contribution in [1.29, 1.82) is 0 Å². The smallest absolute Gasteiger partial charge is 0.261 e. The van der Waals surface area contributed by atoms with E-state index in [-0.39, 0.29) is 25.0 Å². The Bertz CT molecular complexity index is 719. The van der Waals surface area contributed by atoms with Gasteiger partial charge >= 0.3 is 0 Å². The summed E-state index contributed by atoms with van der Waals surface area (Å²) in [6, 6.07) is 6.85. The second-order valence-corrected chi connectivity index (χ2v) is 8.14. The van der Waals surface area contributed by atoms with Crippen LogP contribution in [-0.4, -0.2) is 99.1 Å². The molecule has 0 saturated carbocycles. The van der Waals surface area contributed by atoms with Crippen LogP contribution in [0.5, 0.6) is 0 Å². The molecule has 0 bridgehead atoms. The monoisotopic (exact) mass is 402 g/mol. The Hall–Kier alpha value is -1.85. The first-order chi connectivity index (χ1) is 12.5. The van der Waals surface area contributed by atoms with Crippen LogP contribution in [0.25, 0.3) is 0 Å². The molecule has 1 N–H and O–H groups in total. The summed E-state index contributed by atoms with van der Waals surface area (Å²) in [5.74, 6) is -0.499. The summed E-state index contributed by atoms with van der Waals surface area (Å²) >= 11 is 0. The average Bonchev–Trinajstić information content (AvgIpc) is 2.78. The number of amides is 2. The highest BCUT2D eigenvalue weighted by molar-refractivity contribution is 7.84.